The van der Waals surface area contributed by atoms with Crippen molar-refractivity contribution in [1.29, 1.82) is 0 Å². The average Bonchev–Trinajstić information content (AvgIpc) is 2.35. The molecule has 0 amide bonds. The van der Waals surface area contributed by atoms with Crippen molar-refractivity contribution in [3.63, 3.8) is 0 Å². The minimum Gasteiger partial charge on any atom is -0.492 e. The average molecular weight is 264 g/mol. The van der Waals surface area contributed by atoms with Crippen LogP contribution in [-0.4, -0.2) is 25.6 Å². The van der Waals surface area contributed by atoms with Crippen LogP contribution in [0, 0.1) is 0 Å². The van der Waals surface area contributed by atoms with Crippen molar-refractivity contribution >= 4 is 5.78 Å². The van der Waals surface area contributed by atoms with Crippen LogP contribution in [0.5, 0.6) is 17.2 Å². The molecule has 104 valence electrons. The molecule has 0 bridgehead atoms. The van der Waals surface area contributed by atoms with E-state index in [4.69, 9.17) is 14.2 Å². The minimum absolute atomic E-state index is 0.0391. The number of carbonyl (C=O) groups is 1. The molecule has 0 atom stereocenters. The molecule has 0 saturated heterocycles. The molecule has 1 aromatic rings. The number of Topliss-reactive ketones (excluding diaryl/α,β-unsaturated/α-hetero) is 1. The van der Waals surface area contributed by atoms with Gasteiger partial charge >= 0.3 is 0 Å². The van der Waals surface area contributed by atoms with Gasteiger partial charge in [0.1, 0.15) is 5.60 Å². The summed E-state index contributed by atoms with van der Waals surface area (Å²) in [6.45, 7) is 5.61. The van der Waals surface area contributed by atoms with Crippen molar-refractivity contribution in [3.05, 3.63) is 17.2 Å². The van der Waals surface area contributed by atoms with Gasteiger partial charge in [0.05, 0.1) is 19.8 Å². The molecule has 0 fully saturated rings. The fourth-order valence-corrected chi connectivity index (χ4v) is 2.39. The van der Waals surface area contributed by atoms with Crippen LogP contribution in [0.2, 0.25) is 0 Å². The van der Waals surface area contributed by atoms with Crippen LogP contribution < -0.4 is 14.2 Å². The van der Waals surface area contributed by atoms with Gasteiger partial charge in [-0.2, -0.15) is 0 Å². The Morgan fingerprint density at radius 3 is 2.42 bits per heavy atom. The first-order valence-electron chi connectivity index (χ1n) is 6.37. The molecule has 0 spiro atoms. The predicted octanol–water partition coefficient (Wildman–Crippen LogP) is 3.01. The van der Waals surface area contributed by atoms with Crippen molar-refractivity contribution in [3.8, 4) is 17.2 Å². The summed E-state index contributed by atoms with van der Waals surface area (Å²) in [4.78, 5) is 11.7. The molecule has 0 aliphatic carbocycles. The third-order valence-corrected chi connectivity index (χ3v) is 3.43. The highest BCUT2D eigenvalue weighted by Gasteiger charge is 2.32. The molecule has 2 rings (SSSR count). The number of ketones is 1. The van der Waals surface area contributed by atoms with Crippen molar-refractivity contribution < 1.29 is 19.0 Å². The normalized spacial score (nSPS) is 16.3. The van der Waals surface area contributed by atoms with Gasteiger partial charge in [-0.1, -0.05) is 0 Å². The van der Waals surface area contributed by atoms with Crippen molar-refractivity contribution in [1.82, 2.24) is 0 Å². The van der Waals surface area contributed by atoms with Gasteiger partial charge in [0.25, 0.3) is 0 Å². The Bertz CT molecular complexity index is 517. The predicted molar refractivity (Wildman–Crippen MR) is 72.6 cm³/mol. The Hall–Kier alpha value is -1.71. The van der Waals surface area contributed by atoms with Crippen LogP contribution in [0.1, 0.15) is 43.1 Å². The number of ether oxygens (including phenoxy) is 3. The molecule has 0 unspecified atom stereocenters. The third kappa shape index (κ3) is 2.39. The maximum absolute atomic E-state index is 11.7. The Kier molecular flexibility index (Phi) is 3.43. The van der Waals surface area contributed by atoms with Crippen molar-refractivity contribution in [2.45, 2.75) is 39.2 Å². The minimum atomic E-state index is -0.233. The maximum Gasteiger partial charge on any atom is 0.204 e. The lowest BCUT2D eigenvalue weighted by Gasteiger charge is -2.34. The molecule has 4 nitrogen and oxygen atoms in total. The number of fused-ring (bicyclic) bond motifs is 1. The lowest BCUT2D eigenvalue weighted by Crippen LogP contribution is -2.33. The van der Waals surface area contributed by atoms with Gasteiger partial charge in [-0.15, -0.1) is 0 Å². The number of methoxy groups -OCH3 is 2. The van der Waals surface area contributed by atoms with Crippen LogP contribution in [0.25, 0.3) is 0 Å². The highest BCUT2D eigenvalue weighted by atomic mass is 16.5. The first kappa shape index (κ1) is 13.7. The molecule has 0 radical (unpaired) electrons. The van der Waals surface area contributed by atoms with Gasteiger partial charge in [0, 0.05) is 0 Å². The summed E-state index contributed by atoms with van der Waals surface area (Å²) in [5.74, 6) is 1.62. The Morgan fingerprint density at radius 2 is 1.89 bits per heavy atom. The summed E-state index contributed by atoms with van der Waals surface area (Å²) >= 11 is 0. The van der Waals surface area contributed by atoms with E-state index in [9.17, 15) is 4.79 Å². The zero-order chi connectivity index (χ0) is 14.2. The SMILES string of the molecule is COc1c(C(C)=O)cc2c(c1OC)OC(C)(C)CC2. The second kappa shape index (κ2) is 4.76. The van der Waals surface area contributed by atoms with E-state index in [1.807, 2.05) is 19.9 Å². The number of hydrogen-bond acceptors (Lipinski definition) is 4. The van der Waals surface area contributed by atoms with E-state index in [2.05, 4.69) is 0 Å². The van der Waals surface area contributed by atoms with Gasteiger partial charge in [-0.3, -0.25) is 4.79 Å². The van der Waals surface area contributed by atoms with E-state index in [1.165, 1.54) is 14.0 Å². The summed E-state index contributed by atoms with van der Waals surface area (Å²) in [6, 6.07) is 1.86. The molecule has 1 aliphatic heterocycles. The van der Waals surface area contributed by atoms with Gasteiger partial charge in [0.2, 0.25) is 5.75 Å². The second-order valence-corrected chi connectivity index (χ2v) is 5.40. The fourth-order valence-electron chi connectivity index (χ4n) is 2.39. The standard InChI is InChI=1S/C15H20O4/c1-9(16)11-8-10-6-7-15(2,3)19-12(10)14(18-5)13(11)17-4/h8H,6-7H2,1-5H3. The molecule has 4 heteroatoms. The third-order valence-electron chi connectivity index (χ3n) is 3.43. The van der Waals surface area contributed by atoms with Crippen LogP contribution in [0.4, 0.5) is 0 Å². The molecule has 1 aliphatic rings. The molecule has 0 N–H and O–H groups in total. The summed E-state index contributed by atoms with van der Waals surface area (Å²) in [6.07, 6.45) is 1.77. The summed E-state index contributed by atoms with van der Waals surface area (Å²) in [5, 5.41) is 0. The lowest BCUT2D eigenvalue weighted by molar-refractivity contribution is 0.0795. The van der Waals surface area contributed by atoms with E-state index in [-0.39, 0.29) is 11.4 Å². The topological polar surface area (TPSA) is 44.8 Å². The Balaban J connectivity index is 2.66. The van der Waals surface area contributed by atoms with Crippen LogP contribution in [0.15, 0.2) is 6.07 Å². The number of aryl methyl sites for hydroxylation is 1. The second-order valence-electron chi connectivity index (χ2n) is 5.40. The van der Waals surface area contributed by atoms with Gasteiger partial charge < -0.3 is 14.2 Å². The number of carbonyl (C=O) groups excluding carboxylic acids is 1. The number of benzene rings is 1. The van der Waals surface area contributed by atoms with E-state index in [1.54, 1.807) is 7.11 Å². The highest BCUT2D eigenvalue weighted by molar-refractivity contribution is 5.98. The summed E-state index contributed by atoms with van der Waals surface area (Å²) in [7, 11) is 3.09. The van der Waals surface area contributed by atoms with Gasteiger partial charge in [-0.25, -0.2) is 0 Å². The zero-order valence-electron chi connectivity index (χ0n) is 12.1. The molecule has 0 aromatic heterocycles. The lowest BCUT2D eigenvalue weighted by atomic mass is 9.92. The molecule has 1 heterocycles. The van der Waals surface area contributed by atoms with Crippen molar-refractivity contribution in [2.24, 2.45) is 0 Å². The van der Waals surface area contributed by atoms with E-state index < -0.39 is 0 Å². The number of hydrogen-bond donors (Lipinski definition) is 0. The Labute approximate surface area is 113 Å². The van der Waals surface area contributed by atoms with Crippen LogP contribution >= 0.6 is 0 Å². The molecular formula is C15H20O4. The quantitative estimate of drug-likeness (QED) is 0.787. The smallest absolute Gasteiger partial charge is 0.204 e. The van der Waals surface area contributed by atoms with Gasteiger partial charge in [0.15, 0.2) is 17.3 Å². The van der Waals surface area contributed by atoms with E-state index >= 15 is 0 Å². The number of rotatable bonds is 3. The van der Waals surface area contributed by atoms with Crippen molar-refractivity contribution in [2.75, 3.05) is 14.2 Å². The molecule has 1 aromatic carbocycles. The Morgan fingerprint density at radius 1 is 1.26 bits per heavy atom. The zero-order valence-corrected chi connectivity index (χ0v) is 12.1. The monoisotopic (exact) mass is 264 g/mol. The summed E-state index contributed by atoms with van der Waals surface area (Å²) < 4.78 is 16.8. The molecular weight excluding hydrogens is 244 g/mol. The first-order valence-corrected chi connectivity index (χ1v) is 6.37. The van der Waals surface area contributed by atoms with E-state index in [0.29, 0.717) is 22.8 Å². The first-order chi connectivity index (χ1) is 8.89. The highest BCUT2D eigenvalue weighted by Crippen LogP contribution is 2.47. The van der Waals surface area contributed by atoms with Crippen LogP contribution in [0.3, 0.4) is 0 Å². The largest absolute Gasteiger partial charge is 0.492 e. The van der Waals surface area contributed by atoms with E-state index in [0.717, 1.165) is 18.4 Å². The van der Waals surface area contributed by atoms with Gasteiger partial charge in [-0.05, 0) is 45.2 Å². The maximum atomic E-state index is 11.7. The van der Waals surface area contributed by atoms with Crippen LogP contribution in [-0.2, 0) is 6.42 Å². The summed E-state index contributed by atoms with van der Waals surface area (Å²) in [5.41, 5.74) is 1.31. The molecule has 19 heavy (non-hydrogen) atoms. The molecule has 0 saturated carbocycles. The fraction of sp³-hybridized carbons (Fsp3) is 0.533.